The first-order chi connectivity index (χ1) is 10.7. The van der Waals surface area contributed by atoms with E-state index in [0.717, 1.165) is 0 Å². The van der Waals surface area contributed by atoms with Gasteiger partial charge in [-0.2, -0.15) is 4.98 Å². The van der Waals surface area contributed by atoms with E-state index in [2.05, 4.69) is 9.97 Å². The second-order valence-electron chi connectivity index (χ2n) is 6.65. The number of pyridine rings is 1. The van der Waals surface area contributed by atoms with Crippen molar-refractivity contribution in [1.29, 1.82) is 0 Å². The van der Waals surface area contributed by atoms with E-state index in [1.165, 1.54) is 6.20 Å². The van der Waals surface area contributed by atoms with Crippen LogP contribution in [0.3, 0.4) is 0 Å². The van der Waals surface area contributed by atoms with Gasteiger partial charge < -0.3 is 14.7 Å². The number of nitrogens with zero attached hydrogens (tertiary/aromatic N) is 4. The first-order valence-electron chi connectivity index (χ1n) is 7.45. The van der Waals surface area contributed by atoms with Crippen molar-refractivity contribution in [3.05, 3.63) is 17.3 Å². The van der Waals surface area contributed by atoms with Crippen LogP contribution in [0.5, 0.6) is 6.01 Å². The molecule has 0 aromatic carbocycles. The number of hydrogen-bond donors (Lipinski definition) is 1. The Balaban J connectivity index is 1.83. The number of amides is 1. The highest BCUT2D eigenvalue weighted by Crippen LogP contribution is 2.31. The molecule has 3 heterocycles. The second kappa shape index (κ2) is 5.56. The minimum absolute atomic E-state index is 0.0900. The molecule has 3 rings (SSSR count). The minimum atomic E-state index is -0.531. The van der Waals surface area contributed by atoms with Crippen molar-refractivity contribution in [1.82, 2.24) is 19.4 Å². The van der Waals surface area contributed by atoms with Gasteiger partial charge in [-0.3, -0.25) is 4.57 Å². The van der Waals surface area contributed by atoms with Crippen LogP contribution in [0.15, 0.2) is 12.3 Å². The van der Waals surface area contributed by atoms with Gasteiger partial charge in [0, 0.05) is 19.3 Å². The van der Waals surface area contributed by atoms with Crippen LogP contribution in [-0.2, 0) is 4.74 Å². The minimum Gasteiger partial charge on any atom is -0.480 e. The Morgan fingerprint density at radius 2 is 2.22 bits per heavy atom. The van der Waals surface area contributed by atoms with Gasteiger partial charge in [0.25, 0.3) is 6.01 Å². The van der Waals surface area contributed by atoms with E-state index in [1.54, 1.807) is 15.5 Å². The number of aromatic nitrogens is 3. The number of likely N-dealkylation sites (tertiary alicyclic amines) is 1. The molecule has 8 heteroatoms. The maximum absolute atomic E-state index is 12.2. The summed E-state index contributed by atoms with van der Waals surface area (Å²) in [6.07, 6.45) is 1.84. The monoisotopic (exact) mass is 338 g/mol. The summed E-state index contributed by atoms with van der Waals surface area (Å²) in [6, 6.07) is 1.51. The smallest absolute Gasteiger partial charge is 0.410 e. The predicted molar refractivity (Wildman–Crippen MR) is 85.7 cm³/mol. The van der Waals surface area contributed by atoms with E-state index in [9.17, 15) is 9.90 Å². The average molecular weight is 339 g/mol. The third-order valence-corrected chi connectivity index (χ3v) is 3.88. The van der Waals surface area contributed by atoms with Crippen LogP contribution >= 0.6 is 11.6 Å². The maximum atomic E-state index is 12.2. The molecule has 1 aliphatic heterocycles. The van der Waals surface area contributed by atoms with Gasteiger partial charge in [0.1, 0.15) is 5.60 Å². The third kappa shape index (κ3) is 3.19. The zero-order valence-electron chi connectivity index (χ0n) is 13.3. The van der Waals surface area contributed by atoms with Crippen molar-refractivity contribution in [2.45, 2.75) is 38.8 Å². The number of carbonyl (C=O) groups excluding carboxylic acids is 1. The Hall–Kier alpha value is -2.02. The van der Waals surface area contributed by atoms with Crippen LogP contribution in [0.4, 0.5) is 4.79 Å². The molecular weight excluding hydrogens is 320 g/mol. The first-order valence-corrected chi connectivity index (χ1v) is 7.83. The lowest BCUT2D eigenvalue weighted by molar-refractivity contribution is 0.0288. The van der Waals surface area contributed by atoms with Gasteiger partial charge >= 0.3 is 6.09 Å². The van der Waals surface area contributed by atoms with E-state index in [1.807, 2.05) is 20.8 Å². The predicted octanol–water partition coefficient (Wildman–Crippen LogP) is 2.97. The molecule has 1 N–H and O–H groups in total. The molecular formula is C15H19ClN4O3. The van der Waals surface area contributed by atoms with Crippen molar-refractivity contribution < 1.29 is 14.6 Å². The molecule has 1 saturated heterocycles. The van der Waals surface area contributed by atoms with Crippen LogP contribution in [-0.4, -0.2) is 49.3 Å². The summed E-state index contributed by atoms with van der Waals surface area (Å²) >= 11 is 5.99. The highest BCUT2D eigenvalue weighted by molar-refractivity contribution is 6.31. The number of ether oxygens (including phenoxy) is 1. The van der Waals surface area contributed by atoms with E-state index in [-0.39, 0.29) is 18.1 Å². The molecule has 0 bridgehead atoms. The molecule has 23 heavy (non-hydrogen) atoms. The molecule has 1 fully saturated rings. The van der Waals surface area contributed by atoms with Crippen LogP contribution in [0.1, 0.15) is 33.2 Å². The van der Waals surface area contributed by atoms with Crippen LogP contribution in [0.25, 0.3) is 11.2 Å². The zero-order chi connectivity index (χ0) is 16.8. The van der Waals surface area contributed by atoms with Crippen molar-refractivity contribution >= 4 is 28.9 Å². The number of fused-ring (bicyclic) bond motifs is 1. The van der Waals surface area contributed by atoms with Crippen LogP contribution < -0.4 is 0 Å². The Labute approximate surface area is 138 Å². The molecule has 0 radical (unpaired) electrons. The second-order valence-corrected chi connectivity index (χ2v) is 7.08. The maximum Gasteiger partial charge on any atom is 0.410 e. The SMILES string of the molecule is CC(C)(C)OC(=O)N1CC[C@H](n2c(O)nc3ncc(Cl)cc32)C1. The van der Waals surface area contributed by atoms with Gasteiger partial charge in [-0.15, -0.1) is 0 Å². The molecule has 0 unspecified atom stereocenters. The number of carbonyl (C=O) groups is 1. The Morgan fingerprint density at radius 1 is 1.48 bits per heavy atom. The number of hydrogen-bond acceptors (Lipinski definition) is 5. The number of aromatic hydroxyl groups is 1. The molecule has 0 spiro atoms. The van der Waals surface area contributed by atoms with Gasteiger partial charge in [-0.05, 0) is 33.3 Å². The van der Waals surface area contributed by atoms with Crippen LogP contribution in [0.2, 0.25) is 5.02 Å². The summed E-state index contributed by atoms with van der Waals surface area (Å²) in [5.74, 6) is 0. The molecule has 1 amide bonds. The summed E-state index contributed by atoms with van der Waals surface area (Å²) in [6.45, 7) is 6.51. The molecule has 0 aliphatic carbocycles. The normalized spacial score (nSPS) is 18.6. The summed E-state index contributed by atoms with van der Waals surface area (Å²) in [4.78, 5) is 21.9. The van der Waals surface area contributed by atoms with Gasteiger partial charge in [0.05, 0.1) is 16.6 Å². The fourth-order valence-corrected chi connectivity index (χ4v) is 2.90. The summed E-state index contributed by atoms with van der Waals surface area (Å²) in [5, 5.41) is 10.6. The fraction of sp³-hybridized carbons (Fsp3) is 0.533. The summed E-state index contributed by atoms with van der Waals surface area (Å²) < 4.78 is 7.07. The topological polar surface area (TPSA) is 80.5 Å². The Morgan fingerprint density at radius 3 is 2.91 bits per heavy atom. The average Bonchev–Trinajstić information content (AvgIpc) is 3.00. The van der Waals surface area contributed by atoms with Gasteiger partial charge in [-0.1, -0.05) is 11.6 Å². The fourth-order valence-electron chi connectivity index (χ4n) is 2.75. The lowest BCUT2D eigenvalue weighted by Gasteiger charge is -2.24. The van der Waals surface area contributed by atoms with Crippen molar-refractivity contribution in [3.8, 4) is 6.01 Å². The van der Waals surface area contributed by atoms with Gasteiger partial charge in [0.2, 0.25) is 0 Å². The third-order valence-electron chi connectivity index (χ3n) is 3.67. The number of imidazole rings is 1. The molecule has 7 nitrogen and oxygen atoms in total. The lowest BCUT2D eigenvalue weighted by Crippen LogP contribution is -2.35. The number of rotatable bonds is 1. The largest absolute Gasteiger partial charge is 0.480 e. The summed E-state index contributed by atoms with van der Waals surface area (Å²) in [5.41, 5.74) is 0.560. The Kier molecular flexibility index (Phi) is 3.83. The van der Waals surface area contributed by atoms with Crippen LogP contribution in [0, 0.1) is 0 Å². The van der Waals surface area contributed by atoms with E-state index in [4.69, 9.17) is 16.3 Å². The first kappa shape index (κ1) is 15.9. The van der Waals surface area contributed by atoms with Crippen molar-refractivity contribution in [2.24, 2.45) is 0 Å². The van der Waals surface area contributed by atoms with Crippen molar-refractivity contribution in [3.63, 3.8) is 0 Å². The molecule has 2 aromatic rings. The molecule has 2 aromatic heterocycles. The highest BCUT2D eigenvalue weighted by atomic mass is 35.5. The van der Waals surface area contributed by atoms with Crippen molar-refractivity contribution in [2.75, 3.05) is 13.1 Å². The summed E-state index contributed by atoms with van der Waals surface area (Å²) in [7, 11) is 0. The van der Waals surface area contributed by atoms with Gasteiger partial charge in [-0.25, -0.2) is 9.78 Å². The number of halogens is 1. The molecule has 1 aliphatic rings. The van der Waals surface area contributed by atoms with E-state index < -0.39 is 5.60 Å². The molecule has 124 valence electrons. The van der Waals surface area contributed by atoms with Gasteiger partial charge in [0.15, 0.2) is 5.65 Å². The van der Waals surface area contributed by atoms with E-state index in [0.29, 0.717) is 35.7 Å². The lowest BCUT2D eigenvalue weighted by atomic mass is 10.2. The zero-order valence-corrected chi connectivity index (χ0v) is 14.0. The highest BCUT2D eigenvalue weighted by Gasteiger charge is 2.32. The Bertz CT molecular complexity index is 753. The standard InChI is InChI=1S/C15H19ClN4O3/c1-15(2,3)23-14(22)19-5-4-10(8-19)20-11-6-9(16)7-17-12(11)18-13(20)21/h6-7,10H,4-5,8H2,1-3H3,(H,17,18,21)/t10-/m0/s1. The molecule has 1 atom stereocenters. The quantitative estimate of drug-likeness (QED) is 0.864. The molecule has 0 saturated carbocycles. The van der Waals surface area contributed by atoms with E-state index >= 15 is 0 Å².